The number of alkyl halides is 3. The van der Waals surface area contributed by atoms with Crippen LogP contribution >= 0.6 is 11.6 Å². The monoisotopic (exact) mass is 289 g/mol. The summed E-state index contributed by atoms with van der Waals surface area (Å²) in [6.45, 7) is 3.62. The predicted octanol–water partition coefficient (Wildman–Crippen LogP) is 3.87. The van der Waals surface area contributed by atoms with Crippen LogP contribution in [-0.4, -0.2) is 15.0 Å². The lowest BCUT2D eigenvalue weighted by Gasteiger charge is -2.16. The fourth-order valence-corrected chi connectivity index (χ4v) is 2.19. The van der Waals surface area contributed by atoms with Crippen molar-refractivity contribution in [1.29, 1.82) is 0 Å². The molecule has 1 aromatic heterocycles. The fraction of sp³-hybridized carbons (Fsp3) is 0.333. The number of nitrogens with zero attached hydrogens (tertiary/aromatic N) is 3. The zero-order valence-corrected chi connectivity index (χ0v) is 11.0. The van der Waals surface area contributed by atoms with E-state index in [1.54, 1.807) is 17.8 Å². The van der Waals surface area contributed by atoms with Crippen molar-refractivity contribution < 1.29 is 13.2 Å². The molecule has 0 saturated carbocycles. The van der Waals surface area contributed by atoms with Crippen LogP contribution in [0.3, 0.4) is 0 Å². The average Bonchev–Trinajstić information content (AvgIpc) is 2.73. The van der Waals surface area contributed by atoms with E-state index in [4.69, 9.17) is 11.6 Å². The van der Waals surface area contributed by atoms with E-state index < -0.39 is 11.7 Å². The topological polar surface area (TPSA) is 30.7 Å². The van der Waals surface area contributed by atoms with Gasteiger partial charge in [-0.2, -0.15) is 13.2 Å². The lowest BCUT2D eigenvalue weighted by Crippen LogP contribution is -2.12. The Morgan fingerprint density at radius 1 is 1.32 bits per heavy atom. The second kappa shape index (κ2) is 4.85. The van der Waals surface area contributed by atoms with Crippen molar-refractivity contribution >= 4 is 11.6 Å². The van der Waals surface area contributed by atoms with Gasteiger partial charge in [0.2, 0.25) is 0 Å². The van der Waals surface area contributed by atoms with Crippen molar-refractivity contribution in [2.24, 2.45) is 0 Å². The number of halogens is 4. The van der Waals surface area contributed by atoms with Crippen molar-refractivity contribution in [2.45, 2.75) is 26.1 Å². The predicted molar refractivity (Wildman–Crippen MR) is 65.0 cm³/mol. The smallest absolute Gasteiger partial charge is 0.242 e. The van der Waals surface area contributed by atoms with Crippen molar-refractivity contribution in [3.63, 3.8) is 0 Å². The minimum Gasteiger partial charge on any atom is -0.242 e. The summed E-state index contributed by atoms with van der Waals surface area (Å²) in [5, 5.41) is 7.70. The molecule has 1 unspecified atom stereocenters. The summed E-state index contributed by atoms with van der Waals surface area (Å²) in [4.78, 5) is 0. The highest BCUT2D eigenvalue weighted by Crippen LogP contribution is 2.34. The molecule has 0 spiro atoms. The molecular formula is C12H11ClF3N3. The van der Waals surface area contributed by atoms with E-state index in [0.717, 1.165) is 17.8 Å². The normalized spacial score (nSPS) is 13.6. The van der Waals surface area contributed by atoms with Gasteiger partial charge in [-0.25, -0.2) is 4.68 Å². The van der Waals surface area contributed by atoms with Gasteiger partial charge in [0.05, 0.1) is 23.5 Å². The number of aromatic nitrogens is 3. The van der Waals surface area contributed by atoms with Gasteiger partial charge in [0.25, 0.3) is 0 Å². The van der Waals surface area contributed by atoms with Crippen LogP contribution in [0.2, 0.25) is 5.02 Å². The molecular weight excluding hydrogens is 279 g/mol. The first kappa shape index (κ1) is 13.9. The Balaban J connectivity index is 2.39. The maximum atomic E-state index is 12.6. The van der Waals surface area contributed by atoms with Gasteiger partial charge < -0.3 is 0 Å². The molecule has 0 aliphatic carbocycles. The molecule has 7 heteroatoms. The largest absolute Gasteiger partial charge is 0.416 e. The highest BCUT2D eigenvalue weighted by atomic mass is 35.5. The first-order valence-corrected chi connectivity index (χ1v) is 5.92. The molecule has 0 aliphatic rings. The van der Waals surface area contributed by atoms with Gasteiger partial charge in [-0.3, -0.25) is 0 Å². The Morgan fingerprint density at radius 3 is 2.47 bits per heavy atom. The molecule has 0 bridgehead atoms. The third-order valence-corrected chi connectivity index (χ3v) is 3.23. The van der Waals surface area contributed by atoms with Crippen LogP contribution in [0, 0.1) is 6.92 Å². The lowest BCUT2D eigenvalue weighted by atomic mass is 10.1. The molecule has 2 aromatic rings. The van der Waals surface area contributed by atoms with E-state index in [0.29, 0.717) is 5.56 Å². The fourth-order valence-electron chi connectivity index (χ4n) is 1.85. The molecule has 2 rings (SSSR count). The van der Waals surface area contributed by atoms with Crippen LogP contribution in [0.4, 0.5) is 13.2 Å². The Hall–Kier alpha value is -1.56. The second-order valence-electron chi connectivity index (χ2n) is 4.23. The number of hydrogen-bond acceptors (Lipinski definition) is 2. The molecule has 0 radical (unpaired) electrons. The zero-order valence-electron chi connectivity index (χ0n) is 10.2. The van der Waals surface area contributed by atoms with E-state index in [1.165, 1.54) is 6.07 Å². The van der Waals surface area contributed by atoms with Crippen molar-refractivity contribution in [1.82, 2.24) is 15.0 Å². The highest BCUT2D eigenvalue weighted by molar-refractivity contribution is 6.31. The van der Waals surface area contributed by atoms with Gasteiger partial charge in [0.15, 0.2) is 0 Å². The number of benzene rings is 1. The summed E-state index contributed by atoms with van der Waals surface area (Å²) in [7, 11) is 0. The first-order valence-electron chi connectivity index (χ1n) is 5.54. The summed E-state index contributed by atoms with van der Waals surface area (Å²) in [6, 6.07) is 3.04. The molecule has 1 atom stereocenters. The van der Waals surface area contributed by atoms with Crippen LogP contribution in [0.25, 0.3) is 0 Å². The quantitative estimate of drug-likeness (QED) is 0.840. The summed E-state index contributed by atoms with van der Waals surface area (Å²) >= 11 is 5.94. The van der Waals surface area contributed by atoms with E-state index in [2.05, 4.69) is 10.3 Å². The van der Waals surface area contributed by atoms with E-state index >= 15 is 0 Å². The maximum absolute atomic E-state index is 12.6. The molecule has 1 heterocycles. The summed E-state index contributed by atoms with van der Waals surface area (Å²) in [6.07, 6.45) is -2.82. The minimum absolute atomic E-state index is 0.0669. The van der Waals surface area contributed by atoms with Crippen LogP contribution in [0.1, 0.15) is 29.8 Å². The van der Waals surface area contributed by atoms with Crippen LogP contribution < -0.4 is 0 Å². The highest BCUT2D eigenvalue weighted by Gasteiger charge is 2.31. The molecule has 0 amide bonds. The van der Waals surface area contributed by atoms with Crippen LogP contribution in [-0.2, 0) is 6.18 Å². The molecule has 0 N–H and O–H groups in total. The Labute approximate surface area is 113 Å². The Kier molecular flexibility index (Phi) is 3.54. The van der Waals surface area contributed by atoms with Crippen LogP contribution in [0.5, 0.6) is 0 Å². The lowest BCUT2D eigenvalue weighted by molar-refractivity contribution is -0.137. The third-order valence-electron chi connectivity index (χ3n) is 2.90. The van der Waals surface area contributed by atoms with Gasteiger partial charge in [-0.05, 0) is 31.5 Å². The first-order chi connectivity index (χ1) is 8.80. The molecule has 0 aliphatic heterocycles. The zero-order chi connectivity index (χ0) is 14.2. The van der Waals surface area contributed by atoms with Gasteiger partial charge in [0.1, 0.15) is 0 Å². The van der Waals surface area contributed by atoms with Crippen molar-refractivity contribution in [3.8, 4) is 0 Å². The summed E-state index contributed by atoms with van der Waals surface area (Å²) < 4.78 is 39.3. The minimum atomic E-state index is -4.39. The molecule has 102 valence electrons. The summed E-state index contributed by atoms with van der Waals surface area (Å²) in [5.41, 5.74) is 0.621. The van der Waals surface area contributed by atoms with E-state index in [1.807, 2.05) is 6.92 Å². The Morgan fingerprint density at radius 2 is 2.00 bits per heavy atom. The molecule has 0 fully saturated rings. The molecule has 0 saturated heterocycles. The van der Waals surface area contributed by atoms with Gasteiger partial charge >= 0.3 is 6.18 Å². The standard InChI is InChI=1S/C12H11ClF3N3/c1-7-6-17-18-19(7)8(2)10-4-3-9(5-11(10)13)12(14,15)16/h3-6,8H,1-2H3. The van der Waals surface area contributed by atoms with Crippen molar-refractivity contribution in [2.75, 3.05) is 0 Å². The number of rotatable bonds is 2. The SMILES string of the molecule is Cc1cnnn1C(C)c1ccc(C(F)(F)F)cc1Cl. The molecule has 3 nitrogen and oxygen atoms in total. The van der Waals surface area contributed by atoms with Gasteiger partial charge in [-0.15, -0.1) is 5.10 Å². The van der Waals surface area contributed by atoms with Gasteiger partial charge in [-0.1, -0.05) is 22.9 Å². The average molecular weight is 290 g/mol. The number of aryl methyl sites for hydroxylation is 1. The number of hydrogen-bond donors (Lipinski definition) is 0. The molecule has 1 aromatic carbocycles. The third kappa shape index (κ3) is 2.73. The molecule has 19 heavy (non-hydrogen) atoms. The summed E-state index contributed by atoms with van der Waals surface area (Å²) in [5.74, 6) is 0. The van der Waals surface area contributed by atoms with E-state index in [9.17, 15) is 13.2 Å². The van der Waals surface area contributed by atoms with Gasteiger partial charge in [0, 0.05) is 5.02 Å². The van der Waals surface area contributed by atoms with E-state index in [-0.39, 0.29) is 11.1 Å². The maximum Gasteiger partial charge on any atom is 0.416 e. The second-order valence-corrected chi connectivity index (χ2v) is 4.64. The Bertz CT molecular complexity index is 592. The van der Waals surface area contributed by atoms with Crippen molar-refractivity contribution in [3.05, 3.63) is 46.2 Å². The van der Waals surface area contributed by atoms with Crippen LogP contribution in [0.15, 0.2) is 24.4 Å².